The lowest BCUT2D eigenvalue weighted by Gasteiger charge is -2.12. The molecule has 26 heavy (non-hydrogen) atoms. The second-order valence-electron chi connectivity index (χ2n) is 6.69. The maximum absolute atomic E-state index is 12.7. The molecule has 2 heterocycles. The molecule has 3 aromatic rings. The maximum atomic E-state index is 12.7. The van der Waals surface area contributed by atoms with E-state index >= 15 is 0 Å². The Balaban J connectivity index is 1.58. The Morgan fingerprint density at radius 3 is 2.62 bits per heavy atom. The van der Waals surface area contributed by atoms with E-state index in [-0.39, 0.29) is 11.8 Å². The summed E-state index contributed by atoms with van der Waals surface area (Å²) in [7, 11) is 0. The predicted octanol–water partition coefficient (Wildman–Crippen LogP) is 4.45. The number of nitrogens with zero attached hydrogens (tertiary/aromatic N) is 1. The zero-order valence-corrected chi connectivity index (χ0v) is 14.8. The van der Waals surface area contributed by atoms with Crippen LogP contribution in [-0.4, -0.2) is 16.1 Å². The molecule has 0 bridgehead atoms. The number of H-pyrrole nitrogens is 1. The van der Waals surface area contributed by atoms with Crippen LogP contribution in [0.1, 0.15) is 41.4 Å². The van der Waals surface area contributed by atoms with E-state index in [9.17, 15) is 4.79 Å². The molecule has 1 aliphatic rings. The van der Waals surface area contributed by atoms with E-state index in [4.69, 9.17) is 0 Å². The molecule has 2 aromatic carbocycles. The number of benzene rings is 2. The lowest BCUT2D eigenvalue weighted by atomic mass is 10.1. The van der Waals surface area contributed by atoms with E-state index < -0.39 is 0 Å². The van der Waals surface area contributed by atoms with Gasteiger partial charge in [0.1, 0.15) is 5.56 Å². The summed E-state index contributed by atoms with van der Waals surface area (Å²) in [5.74, 6) is 0.599. The molecule has 4 rings (SSSR count). The molecular weight excluding hydrogens is 326 g/mol. The molecule has 0 aliphatic carbocycles. The third-order valence-electron chi connectivity index (χ3n) is 4.46. The molecule has 1 aliphatic heterocycles. The van der Waals surface area contributed by atoms with Gasteiger partial charge in [0.05, 0.1) is 17.1 Å². The number of carbonyl (C=O) groups is 1. The van der Waals surface area contributed by atoms with Gasteiger partial charge in [-0.2, -0.15) is 5.10 Å². The van der Waals surface area contributed by atoms with E-state index in [1.807, 2.05) is 50.2 Å². The van der Waals surface area contributed by atoms with Crippen LogP contribution < -0.4 is 16.0 Å². The summed E-state index contributed by atoms with van der Waals surface area (Å²) in [4.78, 5) is 12.7. The number of aromatic amines is 1. The molecule has 1 aromatic heterocycles. The Labute approximate surface area is 152 Å². The van der Waals surface area contributed by atoms with Crippen molar-refractivity contribution in [3.05, 3.63) is 65.4 Å². The van der Waals surface area contributed by atoms with Crippen LogP contribution in [0.2, 0.25) is 0 Å². The van der Waals surface area contributed by atoms with Crippen LogP contribution >= 0.6 is 0 Å². The van der Waals surface area contributed by atoms with Crippen LogP contribution in [0.5, 0.6) is 0 Å². The van der Waals surface area contributed by atoms with Gasteiger partial charge >= 0.3 is 0 Å². The second-order valence-corrected chi connectivity index (χ2v) is 6.69. The van der Waals surface area contributed by atoms with Gasteiger partial charge in [0.15, 0.2) is 5.82 Å². The number of fused-ring (bicyclic) bond motifs is 2. The Bertz CT molecular complexity index is 946. The first-order chi connectivity index (χ1) is 12.6. The molecule has 4 N–H and O–H groups in total. The lowest BCUT2D eigenvalue weighted by molar-refractivity contribution is 0.102. The molecule has 6 nitrogen and oxygen atoms in total. The monoisotopic (exact) mass is 347 g/mol. The number of carbonyl (C=O) groups excluding carboxylic acids is 1. The number of rotatable bonds is 4. The van der Waals surface area contributed by atoms with Crippen molar-refractivity contribution < 1.29 is 4.79 Å². The molecule has 0 saturated carbocycles. The average Bonchev–Trinajstić information content (AvgIpc) is 3.01. The Hall–Kier alpha value is -3.28. The Morgan fingerprint density at radius 2 is 1.85 bits per heavy atom. The van der Waals surface area contributed by atoms with Gasteiger partial charge in [-0.25, -0.2) is 0 Å². The van der Waals surface area contributed by atoms with Crippen molar-refractivity contribution >= 4 is 28.8 Å². The van der Waals surface area contributed by atoms with Crippen LogP contribution in [0.15, 0.2) is 48.5 Å². The van der Waals surface area contributed by atoms with Crippen molar-refractivity contribution in [3.63, 3.8) is 0 Å². The number of hydrogen-bond acceptors (Lipinski definition) is 4. The second kappa shape index (κ2) is 6.55. The molecule has 0 radical (unpaired) electrons. The fourth-order valence-electron chi connectivity index (χ4n) is 3.07. The highest BCUT2D eigenvalue weighted by Crippen LogP contribution is 2.35. The van der Waals surface area contributed by atoms with Crippen molar-refractivity contribution in [2.75, 3.05) is 16.0 Å². The molecular formula is C20H21N5O. The first-order valence-electron chi connectivity index (χ1n) is 8.70. The zero-order chi connectivity index (χ0) is 18.1. The Kier molecular flexibility index (Phi) is 4.08. The molecule has 0 unspecified atom stereocenters. The minimum absolute atomic E-state index is 0.149. The van der Waals surface area contributed by atoms with Gasteiger partial charge in [-0.05, 0) is 29.7 Å². The molecule has 0 fully saturated rings. The fraction of sp³-hybridized carbons (Fsp3) is 0.200. The summed E-state index contributed by atoms with van der Waals surface area (Å²) in [6, 6.07) is 16.1. The molecule has 0 atom stereocenters. The number of hydrogen-bond donors (Lipinski definition) is 4. The minimum atomic E-state index is -0.149. The third-order valence-corrected chi connectivity index (χ3v) is 4.46. The minimum Gasteiger partial charge on any atom is -0.381 e. The van der Waals surface area contributed by atoms with Crippen molar-refractivity contribution in [2.24, 2.45) is 0 Å². The van der Waals surface area contributed by atoms with Crippen LogP contribution in [0, 0.1) is 0 Å². The van der Waals surface area contributed by atoms with E-state index in [0.29, 0.717) is 11.4 Å². The smallest absolute Gasteiger partial charge is 0.261 e. The predicted molar refractivity (Wildman–Crippen MR) is 104 cm³/mol. The summed E-state index contributed by atoms with van der Waals surface area (Å²) in [5.41, 5.74) is 5.12. The van der Waals surface area contributed by atoms with Crippen LogP contribution in [0.3, 0.4) is 0 Å². The van der Waals surface area contributed by atoms with Gasteiger partial charge in [0, 0.05) is 12.2 Å². The van der Waals surface area contributed by atoms with Crippen molar-refractivity contribution in [3.8, 4) is 0 Å². The van der Waals surface area contributed by atoms with Gasteiger partial charge in [0.25, 0.3) is 5.91 Å². The van der Waals surface area contributed by atoms with Gasteiger partial charge < -0.3 is 16.0 Å². The highest BCUT2D eigenvalue weighted by atomic mass is 16.1. The highest BCUT2D eigenvalue weighted by Gasteiger charge is 2.26. The van der Waals surface area contributed by atoms with E-state index in [1.165, 1.54) is 5.56 Å². The zero-order valence-electron chi connectivity index (χ0n) is 14.8. The topological polar surface area (TPSA) is 81.8 Å². The van der Waals surface area contributed by atoms with Crippen molar-refractivity contribution in [1.82, 2.24) is 10.2 Å². The fourth-order valence-corrected chi connectivity index (χ4v) is 3.07. The average molecular weight is 347 g/mol. The standard InChI is InChI=1S/C20H21N5O/c1-12(2)18-17-19(25-24-18)22-15-9-8-14(10-16(15)23-20(17)26)21-11-13-6-4-3-5-7-13/h3-10,12,21H,11H2,1-2H3,(H,23,26)(H2,22,24,25). The summed E-state index contributed by atoms with van der Waals surface area (Å²) in [6.07, 6.45) is 0. The lowest BCUT2D eigenvalue weighted by Crippen LogP contribution is -2.13. The van der Waals surface area contributed by atoms with Crippen molar-refractivity contribution in [1.29, 1.82) is 0 Å². The van der Waals surface area contributed by atoms with Gasteiger partial charge in [-0.3, -0.25) is 9.89 Å². The SMILES string of the molecule is CC(C)c1[nH]nc2c1C(=O)Nc1cc(NCc3ccccc3)ccc1N2. The molecule has 1 amide bonds. The van der Waals surface area contributed by atoms with Gasteiger partial charge in [0.2, 0.25) is 0 Å². The van der Waals surface area contributed by atoms with Crippen LogP contribution in [-0.2, 0) is 6.54 Å². The number of aromatic nitrogens is 2. The largest absolute Gasteiger partial charge is 0.381 e. The van der Waals surface area contributed by atoms with Crippen LogP contribution in [0.4, 0.5) is 22.9 Å². The summed E-state index contributed by atoms with van der Waals surface area (Å²) < 4.78 is 0. The molecule has 6 heteroatoms. The van der Waals surface area contributed by atoms with Crippen LogP contribution in [0.25, 0.3) is 0 Å². The number of anilines is 4. The van der Waals surface area contributed by atoms with Gasteiger partial charge in [-0.1, -0.05) is 44.2 Å². The molecule has 132 valence electrons. The first kappa shape index (κ1) is 16.2. The number of nitrogens with one attached hydrogen (secondary N) is 4. The quantitative estimate of drug-likeness (QED) is 0.562. The molecule has 0 saturated heterocycles. The highest BCUT2D eigenvalue weighted by molar-refractivity contribution is 6.12. The van der Waals surface area contributed by atoms with E-state index in [2.05, 4.69) is 38.3 Å². The van der Waals surface area contributed by atoms with E-state index in [1.54, 1.807) is 0 Å². The maximum Gasteiger partial charge on any atom is 0.261 e. The molecule has 0 spiro atoms. The Morgan fingerprint density at radius 1 is 1.04 bits per heavy atom. The summed E-state index contributed by atoms with van der Waals surface area (Å²) in [5, 5.41) is 16.9. The summed E-state index contributed by atoms with van der Waals surface area (Å²) in [6.45, 7) is 4.79. The summed E-state index contributed by atoms with van der Waals surface area (Å²) >= 11 is 0. The third kappa shape index (κ3) is 3.01. The number of amides is 1. The van der Waals surface area contributed by atoms with E-state index in [0.717, 1.165) is 29.3 Å². The van der Waals surface area contributed by atoms with Crippen molar-refractivity contribution in [2.45, 2.75) is 26.3 Å². The van der Waals surface area contributed by atoms with Gasteiger partial charge in [-0.15, -0.1) is 0 Å². The first-order valence-corrected chi connectivity index (χ1v) is 8.70. The normalized spacial score (nSPS) is 12.7.